The highest BCUT2D eigenvalue weighted by Crippen LogP contribution is 2.29. The third-order valence-corrected chi connectivity index (χ3v) is 1.98. The van der Waals surface area contributed by atoms with Gasteiger partial charge in [-0.3, -0.25) is 9.78 Å². The molecule has 0 fully saturated rings. The summed E-state index contributed by atoms with van der Waals surface area (Å²) in [4.78, 5) is 13.7. The quantitative estimate of drug-likeness (QED) is 0.747. The lowest BCUT2D eigenvalue weighted by Crippen LogP contribution is -2.02. The minimum absolute atomic E-state index is 0.475. The van der Waals surface area contributed by atoms with Gasteiger partial charge in [-0.15, -0.1) is 0 Å². The van der Waals surface area contributed by atoms with Crippen LogP contribution in [0, 0.1) is 5.82 Å². The molecule has 0 atom stereocenters. The maximum atomic E-state index is 12.8. The molecule has 76 valence electrons. The van der Waals surface area contributed by atoms with E-state index in [1.165, 1.54) is 0 Å². The molecular weight excluding hydrogens is 242 g/mol. The van der Waals surface area contributed by atoms with Crippen LogP contribution in [0.5, 0.6) is 0 Å². The SMILES string of the molecule is O=C(Cl)c1c(F)cnc(C(F)F)c1Cl. The van der Waals surface area contributed by atoms with E-state index in [9.17, 15) is 18.0 Å². The van der Waals surface area contributed by atoms with Crippen LogP contribution < -0.4 is 0 Å². The summed E-state index contributed by atoms with van der Waals surface area (Å²) in [5, 5.41) is -1.99. The van der Waals surface area contributed by atoms with Crippen molar-refractivity contribution in [2.24, 2.45) is 0 Å². The average molecular weight is 244 g/mol. The average Bonchev–Trinajstić information content (AvgIpc) is 2.02. The zero-order valence-corrected chi connectivity index (χ0v) is 7.91. The zero-order valence-electron chi connectivity index (χ0n) is 6.40. The third kappa shape index (κ3) is 1.99. The number of pyridine rings is 1. The number of halogens is 5. The fourth-order valence-corrected chi connectivity index (χ4v) is 1.35. The lowest BCUT2D eigenvalue weighted by molar-refractivity contribution is 0.107. The van der Waals surface area contributed by atoms with E-state index in [4.69, 9.17) is 23.2 Å². The molecule has 0 saturated heterocycles. The summed E-state index contributed by atoms with van der Waals surface area (Å²) in [7, 11) is 0. The molecule has 1 rings (SSSR count). The maximum Gasteiger partial charge on any atom is 0.281 e. The van der Waals surface area contributed by atoms with E-state index in [2.05, 4.69) is 4.98 Å². The number of hydrogen-bond donors (Lipinski definition) is 0. The number of hydrogen-bond acceptors (Lipinski definition) is 2. The molecule has 1 aromatic heterocycles. The second-order valence-corrected chi connectivity index (χ2v) is 2.98. The number of carbonyl (C=O) groups excluding carboxylic acids is 1. The zero-order chi connectivity index (χ0) is 10.9. The monoisotopic (exact) mass is 243 g/mol. The number of alkyl halides is 2. The summed E-state index contributed by atoms with van der Waals surface area (Å²) in [5.41, 5.74) is -1.64. The van der Waals surface area contributed by atoms with E-state index < -0.39 is 33.8 Å². The van der Waals surface area contributed by atoms with Gasteiger partial charge in [0.2, 0.25) is 0 Å². The normalized spacial score (nSPS) is 10.7. The van der Waals surface area contributed by atoms with Crippen molar-refractivity contribution in [1.82, 2.24) is 4.98 Å². The first-order chi connectivity index (χ1) is 6.45. The van der Waals surface area contributed by atoms with Gasteiger partial charge >= 0.3 is 0 Å². The van der Waals surface area contributed by atoms with Gasteiger partial charge in [-0.25, -0.2) is 13.2 Å². The number of rotatable bonds is 2. The highest BCUT2D eigenvalue weighted by Gasteiger charge is 2.22. The van der Waals surface area contributed by atoms with Crippen LogP contribution in [-0.4, -0.2) is 10.2 Å². The first kappa shape index (κ1) is 11.3. The van der Waals surface area contributed by atoms with E-state index in [0.717, 1.165) is 0 Å². The Labute approximate surface area is 86.6 Å². The van der Waals surface area contributed by atoms with Crippen molar-refractivity contribution in [3.8, 4) is 0 Å². The molecule has 2 nitrogen and oxygen atoms in total. The molecule has 0 aliphatic carbocycles. The van der Waals surface area contributed by atoms with Gasteiger partial charge in [0.1, 0.15) is 5.69 Å². The lowest BCUT2D eigenvalue weighted by Gasteiger charge is -2.05. The summed E-state index contributed by atoms with van der Waals surface area (Å²) in [6.07, 6.45) is -2.51. The molecule has 7 heteroatoms. The Balaban J connectivity index is 3.41. The van der Waals surface area contributed by atoms with Crippen LogP contribution in [0.2, 0.25) is 5.02 Å². The molecule has 0 bridgehead atoms. The van der Waals surface area contributed by atoms with Gasteiger partial charge in [-0.2, -0.15) is 0 Å². The van der Waals surface area contributed by atoms with Gasteiger partial charge < -0.3 is 0 Å². The Hall–Kier alpha value is -0.810. The van der Waals surface area contributed by atoms with Gasteiger partial charge in [0.25, 0.3) is 11.7 Å². The van der Waals surface area contributed by atoms with Crippen LogP contribution in [0.4, 0.5) is 13.2 Å². The molecule has 0 aliphatic heterocycles. The largest absolute Gasteiger partial charge is 0.281 e. The molecule has 0 N–H and O–H groups in total. The Bertz CT molecular complexity index is 383. The lowest BCUT2D eigenvalue weighted by atomic mass is 10.2. The fourth-order valence-electron chi connectivity index (χ4n) is 0.813. The molecule has 0 spiro atoms. The van der Waals surface area contributed by atoms with E-state index in [1.54, 1.807) is 0 Å². The number of nitrogens with zero attached hydrogens (tertiary/aromatic N) is 1. The summed E-state index contributed by atoms with van der Waals surface area (Å²) in [6, 6.07) is 0. The predicted octanol–water partition coefficient (Wildman–Crippen LogP) is 3.19. The topological polar surface area (TPSA) is 30.0 Å². The van der Waals surface area contributed by atoms with Crippen LogP contribution in [-0.2, 0) is 0 Å². The molecular formula is C7H2Cl2F3NO. The predicted molar refractivity (Wildman–Crippen MR) is 44.3 cm³/mol. The Morgan fingerprint density at radius 2 is 2.07 bits per heavy atom. The second kappa shape index (κ2) is 4.14. The summed E-state index contributed by atoms with van der Waals surface area (Å²) in [6.45, 7) is 0. The van der Waals surface area contributed by atoms with Crippen molar-refractivity contribution in [3.63, 3.8) is 0 Å². The molecule has 1 heterocycles. The Kier molecular flexibility index (Phi) is 3.34. The molecule has 0 radical (unpaired) electrons. The van der Waals surface area contributed by atoms with Crippen molar-refractivity contribution in [2.45, 2.75) is 6.43 Å². The third-order valence-electron chi connectivity index (χ3n) is 1.40. The van der Waals surface area contributed by atoms with Crippen molar-refractivity contribution in [1.29, 1.82) is 0 Å². The standard InChI is InChI=1S/C7H2Cl2F3NO/c8-4-3(6(9)14)2(10)1-13-5(4)7(11)12/h1,7H. The molecule has 0 aliphatic rings. The van der Waals surface area contributed by atoms with Gasteiger partial charge in [0.05, 0.1) is 16.8 Å². The first-order valence-corrected chi connectivity index (χ1v) is 4.02. The molecule has 0 unspecified atom stereocenters. The Morgan fingerprint density at radius 1 is 1.50 bits per heavy atom. The van der Waals surface area contributed by atoms with E-state index in [0.29, 0.717) is 6.20 Å². The maximum absolute atomic E-state index is 12.8. The van der Waals surface area contributed by atoms with Crippen molar-refractivity contribution < 1.29 is 18.0 Å². The number of carbonyl (C=O) groups is 1. The fraction of sp³-hybridized carbons (Fsp3) is 0.143. The van der Waals surface area contributed by atoms with Crippen LogP contribution >= 0.6 is 23.2 Å². The highest BCUT2D eigenvalue weighted by atomic mass is 35.5. The molecule has 0 amide bonds. The van der Waals surface area contributed by atoms with Crippen LogP contribution in [0.15, 0.2) is 6.20 Å². The van der Waals surface area contributed by atoms with Crippen LogP contribution in [0.3, 0.4) is 0 Å². The van der Waals surface area contributed by atoms with Crippen molar-refractivity contribution >= 4 is 28.4 Å². The molecule has 0 saturated carbocycles. The summed E-state index contributed by atoms with van der Waals surface area (Å²) >= 11 is 10.3. The molecule has 0 aromatic carbocycles. The highest BCUT2D eigenvalue weighted by molar-refractivity contribution is 6.68. The summed E-state index contributed by atoms with van der Waals surface area (Å²) in [5.74, 6) is -1.13. The van der Waals surface area contributed by atoms with Crippen LogP contribution in [0.25, 0.3) is 0 Å². The molecule has 14 heavy (non-hydrogen) atoms. The van der Waals surface area contributed by atoms with Gasteiger partial charge in [-0.1, -0.05) is 11.6 Å². The van der Waals surface area contributed by atoms with Crippen molar-refractivity contribution in [3.05, 3.63) is 28.3 Å². The van der Waals surface area contributed by atoms with Crippen molar-refractivity contribution in [2.75, 3.05) is 0 Å². The first-order valence-electron chi connectivity index (χ1n) is 3.27. The van der Waals surface area contributed by atoms with E-state index in [-0.39, 0.29) is 0 Å². The summed E-state index contributed by atoms with van der Waals surface area (Å²) < 4.78 is 37.2. The minimum atomic E-state index is -2.99. The number of aromatic nitrogens is 1. The second-order valence-electron chi connectivity index (χ2n) is 2.25. The van der Waals surface area contributed by atoms with Crippen LogP contribution in [0.1, 0.15) is 22.5 Å². The smallest absolute Gasteiger partial charge is 0.275 e. The van der Waals surface area contributed by atoms with E-state index >= 15 is 0 Å². The van der Waals surface area contributed by atoms with Gasteiger partial charge in [0.15, 0.2) is 5.82 Å². The molecule has 1 aromatic rings. The van der Waals surface area contributed by atoms with Gasteiger partial charge in [-0.05, 0) is 11.6 Å². The van der Waals surface area contributed by atoms with E-state index in [1.807, 2.05) is 0 Å². The minimum Gasteiger partial charge on any atom is -0.275 e. The Morgan fingerprint density at radius 3 is 2.50 bits per heavy atom. The van der Waals surface area contributed by atoms with Gasteiger partial charge in [0, 0.05) is 0 Å².